The molecular formula is C44H86NO8P. The standard InChI is InChI=1S/C44H86NO8P/c1-6-8-10-12-14-16-18-19-20-21-22-23-24-25-27-28-30-32-34-36-43(46)50-40-42(41-52-54(48,49)51-39-38-45(3,4)5)53-44(47)37-35-33-31-29-26-17-15-13-11-9-7-2/h19-20,42H,6-18,21-41H2,1-5H3/b20-19-/t42-/m1/s1. The van der Waals surface area contributed by atoms with Crippen LogP contribution in [0, 0.1) is 0 Å². The Morgan fingerprint density at radius 3 is 1.37 bits per heavy atom. The number of carbonyl (C=O) groups excluding carboxylic acids is 2. The third-order valence-electron chi connectivity index (χ3n) is 9.79. The second-order valence-corrected chi connectivity index (χ2v) is 17.8. The Morgan fingerprint density at radius 1 is 0.556 bits per heavy atom. The normalized spacial score (nSPS) is 13.7. The van der Waals surface area contributed by atoms with Crippen molar-refractivity contribution in [3.63, 3.8) is 0 Å². The summed E-state index contributed by atoms with van der Waals surface area (Å²) in [6.45, 7) is 4.23. The molecule has 0 radical (unpaired) electrons. The summed E-state index contributed by atoms with van der Waals surface area (Å²) < 4.78 is 33.9. The largest absolute Gasteiger partial charge is 0.756 e. The Kier molecular flexibility index (Phi) is 36.5. The van der Waals surface area contributed by atoms with Crippen molar-refractivity contribution in [2.45, 2.75) is 213 Å². The fraction of sp³-hybridized carbons (Fsp3) is 0.909. The maximum Gasteiger partial charge on any atom is 0.306 e. The number of carbonyl (C=O) groups is 2. The molecule has 0 bridgehead atoms. The van der Waals surface area contributed by atoms with E-state index in [1.165, 1.54) is 141 Å². The van der Waals surface area contributed by atoms with Crippen LogP contribution in [-0.2, 0) is 32.7 Å². The highest BCUT2D eigenvalue weighted by atomic mass is 31.2. The summed E-state index contributed by atoms with van der Waals surface area (Å²) >= 11 is 0. The van der Waals surface area contributed by atoms with Crippen LogP contribution in [0.15, 0.2) is 12.2 Å². The van der Waals surface area contributed by atoms with Crippen molar-refractivity contribution in [2.24, 2.45) is 0 Å². The number of quaternary nitrogens is 1. The van der Waals surface area contributed by atoms with Crippen LogP contribution in [0.4, 0.5) is 0 Å². The molecule has 0 N–H and O–H groups in total. The molecule has 0 aromatic rings. The molecular weight excluding hydrogens is 701 g/mol. The first-order valence-corrected chi connectivity index (χ1v) is 23.9. The Morgan fingerprint density at radius 2 is 0.944 bits per heavy atom. The molecule has 0 aliphatic carbocycles. The number of esters is 2. The van der Waals surface area contributed by atoms with Gasteiger partial charge in [-0.05, 0) is 38.5 Å². The van der Waals surface area contributed by atoms with Crippen molar-refractivity contribution in [1.29, 1.82) is 0 Å². The van der Waals surface area contributed by atoms with Crippen LogP contribution >= 0.6 is 7.82 Å². The second kappa shape index (κ2) is 37.3. The molecule has 0 aliphatic rings. The van der Waals surface area contributed by atoms with E-state index in [-0.39, 0.29) is 32.0 Å². The Hall–Kier alpha value is -1.25. The second-order valence-electron chi connectivity index (χ2n) is 16.4. The topological polar surface area (TPSA) is 111 Å². The van der Waals surface area contributed by atoms with Gasteiger partial charge in [-0.25, -0.2) is 0 Å². The summed E-state index contributed by atoms with van der Waals surface area (Å²) in [5, 5.41) is 0. The minimum absolute atomic E-state index is 0.0279. The highest BCUT2D eigenvalue weighted by Gasteiger charge is 2.21. The van der Waals surface area contributed by atoms with E-state index in [4.69, 9.17) is 18.5 Å². The van der Waals surface area contributed by atoms with Gasteiger partial charge in [-0.2, -0.15) is 0 Å². The number of likely N-dealkylation sites (N-methyl/N-ethyl adjacent to an activating group) is 1. The first kappa shape index (κ1) is 52.8. The van der Waals surface area contributed by atoms with Crippen molar-refractivity contribution in [3.8, 4) is 0 Å². The van der Waals surface area contributed by atoms with E-state index in [9.17, 15) is 19.0 Å². The van der Waals surface area contributed by atoms with E-state index in [1.807, 2.05) is 21.1 Å². The maximum absolute atomic E-state index is 12.6. The molecule has 0 aliphatic heterocycles. The number of allylic oxidation sites excluding steroid dienone is 2. The van der Waals surface area contributed by atoms with E-state index < -0.39 is 26.5 Å². The van der Waals surface area contributed by atoms with Gasteiger partial charge in [-0.15, -0.1) is 0 Å². The SMILES string of the molecule is CCCCCCCC/C=C\CCCCCCCCCCCC(=O)OC[C@H](COP(=O)([O-])OCC[N+](C)(C)C)OC(=O)CCCCCCCCCCCCC. The Balaban J connectivity index is 4.26. The summed E-state index contributed by atoms with van der Waals surface area (Å²) in [4.78, 5) is 37.5. The predicted molar refractivity (Wildman–Crippen MR) is 222 cm³/mol. The number of phosphoric ester groups is 1. The molecule has 0 rings (SSSR count). The van der Waals surface area contributed by atoms with Crippen LogP contribution in [-0.4, -0.2) is 70.0 Å². The average molecular weight is 788 g/mol. The lowest BCUT2D eigenvalue weighted by atomic mass is 10.1. The van der Waals surface area contributed by atoms with E-state index in [0.29, 0.717) is 17.4 Å². The minimum Gasteiger partial charge on any atom is -0.756 e. The molecule has 0 spiro atoms. The van der Waals surface area contributed by atoms with Crippen LogP contribution < -0.4 is 4.89 Å². The average Bonchev–Trinajstić information content (AvgIpc) is 3.12. The fourth-order valence-corrected chi connectivity index (χ4v) is 6.97. The van der Waals surface area contributed by atoms with E-state index in [1.54, 1.807) is 0 Å². The molecule has 0 heterocycles. The monoisotopic (exact) mass is 788 g/mol. The lowest BCUT2D eigenvalue weighted by Gasteiger charge is -2.28. The quantitative estimate of drug-likeness (QED) is 0.0198. The molecule has 10 heteroatoms. The Bertz CT molecular complexity index is 938. The molecule has 54 heavy (non-hydrogen) atoms. The lowest BCUT2D eigenvalue weighted by molar-refractivity contribution is -0.870. The van der Waals surface area contributed by atoms with Crippen LogP contribution in [0.5, 0.6) is 0 Å². The molecule has 0 saturated heterocycles. The molecule has 0 saturated carbocycles. The molecule has 320 valence electrons. The summed E-state index contributed by atoms with van der Waals surface area (Å²) in [7, 11) is 1.17. The first-order chi connectivity index (χ1) is 26.0. The van der Waals surface area contributed by atoms with Gasteiger partial charge >= 0.3 is 11.9 Å². The highest BCUT2D eigenvalue weighted by molar-refractivity contribution is 7.45. The van der Waals surface area contributed by atoms with Gasteiger partial charge in [0.25, 0.3) is 7.82 Å². The molecule has 0 aromatic carbocycles. The Labute approximate surface area is 333 Å². The third-order valence-corrected chi connectivity index (χ3v) is 10.7. The third kappa shape index (κ3) is 40.4. The number of unbranched alkanes of at least 4 members (excludes halogenated alkanes) is 25. The van der Waals surface area contributed by atoms with Crippen molar-refractivity contribution in [1.82, 2.24) is 0 Å². The van der Waals surface area contributed by atoms with Gasteiger partial charge in [0, 0.05) is 12.8 Å². The van der Waals surface area contributed by atoms with Crippen LogP contribution in [0.25, 0.3) is 0 Å². The molecule has 0 amide bonds. The molecule has 2 atom stereocenters. The van der Waals surface area contributed by atoms with Crippen LogP contribution in [0.2, 0.25) is 0 Å². The smallest absolute Gasteiger partial charge is 0.306 e. The zero-order valence-corrected chi connectivity index (χ0v) is 36.8. The number of nitrogens with zero attached hydrogens (tertiary/aromatic N) is 1. The minimum atomic E-state index is -4.62. The number of phosphoric acid groups is 1. The molecule has 9 nitrogen and oxygen atoms in total. The van der Waals surface area contributed by atoms with Gasteiger partial charge in [0.2, 0.25) is 0 Å². The molecule has 1 unspecified atom stereocenters. The lowest BCUT2D eigenvalue weighted by Crippen LogP contribution is -2.37. The first-order valence-electron chi connectivity index (χ1n) is 22.4. The summed E-state index contributed by atoms with van der Waals surface area (Å²) in [5.74, 6) is -0.829. The zero-order chi connectivity index (χ0) is 40.0. The number of hydrogen-bond donors (Lipinski definition) is 0. The number of rotatable bonds is 41. The summed E-state index contributed by atoms with van der Waals surface area (Å²) in [5.41, 5.74) is 0. The van der Waals surface area contributed by atoms with E-state index in [0.717, 1.165) is 32.1 Å². The highest BCUT2D eigenvalue weighted by Crippen LogP contribution is 2.38. The maximum atomic E-state index is 12.6. The molecule has 0 aromatic heterocycles. The van der Waals surface area contributed by atoms with E-state index in [2.05, 4.69) is 26.0 Å². The van der Waals surface area contributed by atoms with Crippen LogP contribution in [0.1, 0.15) is 206 Å². The van der Waals surface area contributed by atoms with Crippen molar-refractivity contribution >= 4 is 19.8 Å². The van der Waals surface area contributed by atoms with Gasteiger partial charge in [0.1, 0.15) is 19.8 Å². The van der Waals surface area contributed by atoms with Crippen molar-refractivity contribution in [2.75, 3.05) is 47.5 Å². The summed E-state index contributed by atoms with van der Waals surface area (Å²) in [6, 6.07) is 0. The predicted octanol–water partition coefficient (Wildman–Crippen LogP) is 11.9. The van der Waals surface area contributed by atoms with Gasteiger partial charge in [0.15, 0.2) is 6.10 Å². The fourth-order valence-electron chi connectivity index (χ4n) is 6.24. The molecule has 0 fully saturated rings. The van der Waals surface area contributed by atoms with Gasteiger partial charge in [-0.3, -0.25) is 14.2 Å². The van der Waals surface area contributed by atoms with Gasteiger partial charge < -0.3 is 27.9 Å². The van der Waals surface area contributed by atoms with Gasteiger partial charge in [-0.1, -0.05) is 167 Å². The van der Waals surface area contributed by atoms with E-state index >= 15 is 0 Å². The number of hydrogen-bond acceptors (Lipinski definition) is 8. The van der Waals surface area contributed by atoms with Crippen LogP contribution in [0.3, 0.4) is 0 Å². The van der Waals surface area contributed by atoms with Crippen molar-refractivity contribution < 1.29 is 42.1 Å². The zero-order valence-electron chi connectivity index (χ0n) is 35.9. The van der Waals surface area contributed by atoms with Gasteiger partial charge in [0.05, 0.1) is 27.7 Å². The number of ether oxygens (including phenoxy) is 2. The van der Waals surface area contributed by atoms with Crippen molar-refractivity contribution in [3.05, 3.63) is 12.2 Å². The summed E-state index contributed by atoms with van der Waals surface area (Å²) in [6.07, 6.45) is 38.1.